The molecule has 0 aliphatic carbocycles. The summed E-state index contributed by atoms with van der Waals surface area (Å²) in [5.41, 5.74) is 0.780. The van der Waals surface area contributed by atoms with E-state index < -0.39 is 23.6 Å². The lowest BCUT2D eigenvalue weighted by atomic mass is 9.75. The van der Waals surface area contributed by atoms with E-state index in [1.54, 1.807) is 25.3 Å². The number of esters is 1. The molecule has 2 saturated heterocycles. The van der Waals surface area contributed by atoms with Crippen LogP contribution in [0, 0.1) is 5.41 Å². The Bertz CT molecular complexity index is 1080. The van der Waals surface area contributed by atoms with E-state index in [2.05, 4.69) is 25.4 Å². The van der Waals surface area contributed by atoms with Crippen LogP contribution in [0.1, 0.15) is 31.4 Å². The Morgan fingerprint density at radius 1 is 1.27 bits per heavy atom. The summed E-state index contributed by atoms with van der Waals surface area (Å²) in [4.78, 5) is 32.9. The number of aliphatic hydroxyl groups excluding tert-OH is 2. The molecule has 12 nitrogen and oxygen atoms in total. The molecule has 0 saturated carbocycles. The Balaban J connectivity index is 1.21. The lowest BCUT2D eigenvalue weighted by molar-refractivity contribution is -0.141. The van der Waals surface area contributed by atoms with Gasteiger partial charge in [0.05, 0.1) is 35.4 Å². The van der Waals surface area contributed by atoms with Gasteiger partial charge in [-0.2, -0.15) is 4.68 Å². The highest BCUT2D eigenvalue weighted by atomic mass is 16.5. The number of piperidine rings is 1. The third-order valence-electron chi connectivity index (χ3n) is 6.99. The molecule has 1 amide bonds. The zero-order valence-corrected chi connectivity index (χ0v) is 18.2. The number of nitrogens with zero attached hydrogens (tertiary/aromatic N) is 7. The number of likely N-dealkylation sites (tertiary alicyclic amines) is 2. The number of aliphatic hydroxyl groups is 2. The fourth-order valence-corrected chi connectivity index (χ4v) is 4.85. The van der Waals surface area contributed by atoms with Crippen molar-refractivity contribution < 1.29 is 24.5 Å². The average molecular weight is 455 g/mol. The summed E-state index contributed by atoms with van der Waals surface area (Å²) in [5, 5.41) is 32.4. The van der Waals surface area contributed by atoms with Gasteiger partial charge in [0.2, 0.25) is 5.91 Å². The number of β-amino-alcohol motifs (C(OH)–C–C–N with tert-alkyl or cyclic N) is 2. The van der Waals surface area contributed by atoms with Gasteiger partial charge in [-0.3, -0.25) is 4.79 Å². The monoisotopic (exact) mass is 455 g/mol. The molecule has 0 bridgehead atoms. The number of ether oxygens (including phenoxy) is 1. The van der Waals surface area contributed by atoms with Crippen molar-refractivity contribution in [1.29, 1.82) is 0 Å². The highest BCUT2D eigenvalue weighted by molar-refractivity contribution is 5.94. The second-order valence-corrected chi connectivity index (χ2v) is 8.76. The topological polar surface area (TPSA) is 147 Å². The molecule has 2 aromatic heterocycles. The van der Waals surface area contributed by atoms with Gasteiger partial charge in [-0.1, -0.05) is 6.07 Å². The van der Waals surface area contributed by atoms with Gasteiger partial charge >= 0.3 is 5.97 Å². The fourth-order valence-electron chi connectivity index (χ4n) is 4.85. The zero-order valence-electron chi connectivity index (χ0n) is 18.2. The molecule has 2 N–H and O–H groups in total. The highest BCUT2D eigenvalue weighted by Gasteiger charge is 2.56. The Morgan fingerprint density at radius 2 is 2.06 bits per heavy atom. The van der Waals surface area contributed by atoms with Crippen molar-refractivity contribution >= 4 is 11.9 Å². The second-order valence-electron chi connectivity index (χ2n) is 8.76. The Hall–Kier alpha value is -3.22. The van der Waals surface area contributed by atoms with Crippen LogP contribution in [-0.4, -0.2) is 96.0 Å². The van der Waals surface area contributed by atoms with Crippen LogP contribution in [0.3, 0.4) is 0 Å². The minimum absolute atomic E-state index is 0.0672. The molecule has 33 heavy (non-hydrogen) atoms. The first-order valence-electron chi connectivity index (χ1n) is 10.9. The Morgan fingerprint density at radius 3 is 2.67 bits per heavy atom. The standard InChI is InChI=1S/C21H25N7O5/c1-13-15(11-33-19(13)31)27-10-17(30)21(20(27)32)4-6-26(7-5-21)9-16(29)14-2-3-18(22-8-14)28-12-23-24-25-28/h2-3,8,12,16-17,29-30H,4-7,9-11H2,1H3. The summed E-state index contributed by atoms with van der Waals surface area (Å²) in [6.45, 7) is 3.41. The maximum atomic E-state index is 13.3. The third-order valence-corrected chi connectivity index (χ3v) is 6.99. The number of aromatic nitrogens is 5. The van der Waals surface area contributed by atoms with E-state index in [4.69, 9.17) is 4.74 Å². The molecule has 0 aromatic carbocycles. The Labute approximate surface area is 189 Å². The van der Waals surface area contributed by atoms with Crippen molar-refractivity contribution in [3.63, 3.8) is 0 Å². The van der Waals surface area contributed by atoms with Crippen molar-refractivity contribution in [2.24, 2.45) is 5.41 Å². The SMILES string of the molecule is CC1=C(N2CC(O)C3(CCN(CC(O)c4ccc(-n5cnnn5)nc4)CC3)C2=O)COC1=O. The van der Waals surface area contributed by atoms with E-state index in [-0.39, 0.29) is 19.1 Å². The van der Waals surface area contributed by atoms with Gasteiger partial charge in [-0.25, -0.2) is 9.78 Å². The molecule has 2 atom stereocenters. The largest absolute Gasteiger partial charge is 0.456 e. The number of carbonyl (C=O) groups excluding carboxylic acids is 2. The van der Waals surface area contributed by atoms with E-state index in [0.717, 1.165) is 0 Å². The van der Waals surface area contributed by atoms with E-state index in [9.17, 15) is 19.8 Å². The van der Waals surface area contributed by atoms with Crippen LogP contribution in [-0.2, 0) is 14.3 Å². The molecule has 5 heterocycles. The molecule has 12 heteroatoms. The molecule has 3 aliphatic heterocycles. The summed E-state index contributed by atoms with van der Waals surface area (Å²) in [5.74, 6) is -0.0170. The Kier molecular flexibility index (Phi) is 5.43. The van der Waals surface area contributed by atoms with Crippen LogP contribution in [0.2, 0.25) is 0 Å². The van der Waals surface area contributed by atoms with Crippen LogP contribution in [0.25, 0.3) is 5.82 Å². The molecule has 2 fully saturated rings. The van der Waals surface area contributed by atoms with Crippen molar-refractivity contribution in [2.75, 3.05) is 32.8 Å². The summed E-state index contributed by atoms with van der Waals surface area (Å²) in [6, 6.07) is 3.51. The molecular weight excluding hydrogens is 430 g/mol. The number of pyridine rings is 1. The van der Waals surface area contributed by atoms with Gasteiger partial charge in [0, 0.05) is 18.3 Å². The van der Waals surface area contributed by atoms with Crippen molar-refractivity contribution in [3.05, 3.63) is 41.5 Å². The van der Waals surface area contributed by atoms with E-state index in [0.29, 0.717) is 55.1 Å². The molecular formula is C21H25N7O5. The first kappa shape index (κ1) is 21.6. The number of rotatable bonds is 5. The highest BCUT2D eigenvalue weighted by Crippen LogP contribution is 2.44. The quantitative estimate of drug-likeness (QED) is 0.550. The minimum atomic E-state index is -0.866. The van der Waals surface area contributed by atoms with Crippen molar-refractivity contribution in [1.82, 2.24) is 35.0 Å². The molecule has 1 spiro atoms. The molecule has 2 aromatic rings. The number of hydrogen-bond donors (Lipinski definition) is 2. The lowest BCUT2D eigenvalue weighted by Gasteiger charge is -2.40. The maximum absolute atomic E-state index is 13.3. The van der Waals surface area contributed by atoms with Crippen LogP contribution in [0.5, 0.6) is 0 Å². The van der Waals surface area contributed by atoms with Crippen LogP contribution < -0.4 is 0 Å². The molecule has 3 aliphatic rings. The van der Waals surface area contributed by atoms with Gasteiger partial charge in [-0.15, -0.1) is 5.10 Å². The summed E-state index contributed by atoms with van der Waals surface area (Å²) in [7, 11) is 0. The van der Waals surface area contributed by atoms with Gasteiger partial charge < -0.3 is 24.7 Å². The van der Waals surface area contributed by atoms with Gasteiger partial charge in [0.25, 0.3) is 0 Å². The lowest BCUT2D eigenvalue weighted by Crippen LogP contribution is -2.49. The number of hydrogen-bond acceptors (Lipinski definition) is 10. The van der Waals surface area contributed by atoms with Gasteiger partial charge in [-0.05, 0) is 49.3 Å². The smallest absolute Gasteiger partial charge is 0.336 e. The predicted molar refractivity (Wildman–Crippen MR) is 111 cm³/mol. The fraction of sp³-hybridized carbons (Fsp3) is 0.524. The van der Waals surface area contributed by atoms with Crippen molar-refractivity contribution in [3.8, 4) is 5.82 Å². The van der Waals surface area contributed by atoms with Crippen LogP contribution >= 0.6 is 0 Å². The summed E-state index contributed by atoms with van der Waals surface area (Å²) >= 11 is 0. The summed E-state index contributed by atoms with van der Waals surface area (Å²) in [6.07, 6.45) is 2.44. The molecule has 174 valence electrons. The zero-order chi connectivity index (χ0) is 23.2. The number of amides is 1. The third kappa shape index (κ3) is 3.69. The molecule has 5 rings (SSSR count). The molecule has 2 unspecified atom stereocenters. The maximum Gasteiger partial charge on any atom is 0.336 e. The summed E-state index contributed by atoms with van der Waals surface area (Å²) < 4.78 is 6.47. The first-order chi connectivity index (χ1) is 15.9. The van der Waals surface area contributed by atoms with E-state index in [1.807, 2.05) is 0 Å². The van der Waals surface area contributed by atoms with Crippen LogP contribution in [0.4, 0.5) is 0 Å². The van der Waals surface area contributed by atoms with Gasteiger partial charge in [0.15, 0.2) is 5.82 Å². The minimum Gasteiger partial charge on any atom is -0.456 e. The number of cyclic esters (lactones) is 1. The molecule has 0 radical (unpaired) electrons. The predicted octanol–water partition coefficient (Wildman–Crippen LogP) is -0.793. The van der Waals surface area contributed by atoms with Crippen LogP contribution in [0.15, 0.2) is 35.9 Å². The first-order valence-corrected chi connectivity index (χ1v) is 10.9. The van der Waals surface area contributed by atoms with Gasteiger partial charge in [0.1, 0.15) is 12.9 Å². The number of tetrazole rings is 1. The van der Waals surface area contributed by atoms with E-state index in [1.165, 1.54) is 15.9 Å². The average Bonchev–Trinajstić information content (AvgIpc) is 3.53. The second kappa shape index (κ2) is 8.28. The normalized spacial score (nSPS) is 24.1. The number of carbonyl (C=O) groups is 2. The van der Waals surface area contributed by atoms with Crippen molar-refractivity contribution in [2.45, 2.75) is 32.0 Å². The van der Waals surface area contributed by atoms with E-state index >= 15 is 0 Å².